The number of benzene rings is 2. The molecule has 2 aromatic rings. The zero-order valence-corrected chi connectivity index (χ0v) is 22.6. The molecule has 204 valence electrons. The number of hydrogen-bond donors (Lipinski definition) is 1. The van der Waals surface area contributed by atoms with Gasteiger partial charge in [-0.25, -0.2) is 4.99 Å². The fraction of sp³-hybridized carbons (Fsp3) is 0.586. The van der Waals surface area contributed by atoms with Crippen LogP contribution in [0.15, 0.2) is 46.4 Å². The molecule has 4 aliphatic rings. The van der Waals surface area contributed by atoms with Crippen molar-refractivity contribution in [2.75, 3.05) is 78.3 Å². The summed E-state index contributed by atoms with van der Waals surface area (Å²) in [7, 11) is 3.83. The van der Waals surface area contributed by atoms with Crippen LogP contribution >= 0.6 is 0 Å². The molecule has 3 saturated heterocycles. The number of piperazine rings is 1. The van der Waals surface area contributed by atoms with Crippen molar-refractivity contribution in [3.8, 4) is 5.75 Å². The van der Waals surface area contributed by atoms with E-state index in [1.165, 1.54) is 29.8 Å². The molecule has 9 heteroatoms. The van der Waals surface area contributed by atoms with E-state index in [4.69, 9.17) is 24.2 Å². The largest absolute Gasteiger partial charge is 0.467 e. The molecular weight excluding hydrogens is 480 g/mol. The number of methoxy groups -OCH3 is 1. The van der Waals surface area contributed by atoms with Gasteiger partial charge < -0.3 is 34.2 Å². The maximum absolute atomic E-state index is 6.31. The Morgan fingerprint density at radius 1 is 1.00 bits per heavy atom. The first-order valence-electron chi connectivity index (χ1n) is 14.0. The molecule has 1 N–H and O–H groups in total. The lowest BCUT2D eigenvalue weighted by molar-refractivity contribution is 0.0512. The van der Waals surface area contributed by atoms with E-state index in [0.717, 1.165) is 63.4 Å². The summed E-state index contributed by atoms with van der Waals surface area (Å²) in [6.07, 6.45) is 3.41. The van der Waals surface area contributed by atoms with Crippen molar-refractivity contribution in [3.63, 3.8) is 0 Å². The van der Waals surface area contributed by atoms with E-state index in [2.05, 4.69) is 63.5 Å². The quantitative estimate of drug-likeness (QED) is 0.587. The smallest absolute Gasteiger partial charge is 0.313 e. The van der Waals surface area contributed by atoms with Crippen LogP contribution in [-0.4, -0.2) is 107 Å². The zero-order valence-electron chi connectivity index (χ0n) is 22.6. The van der Waals surface area contributed by atoms with Crippen molar-refractivity contribution >= 4 is 28.3 Å². The zero-order chi connectivity index (χ0) is 25.9. The highest BCUT2D eigenvalue weighted by Crippen LogP contribution is 2.36. The number of ether oxygens (including phenoxy) is 3. The van der Waals surface area contributed by atoms with Crippen molar-refractivity contribution < 1.29 is 14.2 Å². The lowest BCUT2D eigenvalue weighted by Crippen LogP contribution is -2.55. The molecule has 6 rings (SSSR count). The van der Waals surface area contributed by atoms with Crippen LogP contribution in [0, 0.1) is 5.92 Å². The van der Waals surface area contributed by atoms with Gasteiger partial charge >= 0.3 is 6.02 Å². The summed E-state index contributed by atoms with van der Waals surface area (Å²) in [4.78, 5) is 17.5. The van der Waals surface area contributed by atoms with E-state index in [9.17, 15) is 0 Å². The molecule has 0 amide bonds. The van der Waals surface area contributed by atoms with Crippen molar-refractivity contribution in [1.82, 2.24) is 15.1 Å². The molecule has 2 aromatic carbocycles. The molecule has 0 radical (unpaired) electrons. The second-order valence-electron chi connectivity index (χ2n) is 10.8. The van der Waals surface area contributed by atoms with E-state index >= 15 is 0 Å². The Kier molecular flexibility index (Phi) is 7.67. The van der Waals surface area contributed by atoms with Gasteiger partial charge in [0.05, 0.1) is 6.04 Å². The van der Waals surface area contributed by atoms with E-state index in [0.29, 0.717) is 24.6 Å². The molecule has 4 aliphatic heterocycles. The molecular formula is C29H40N6O3. The Balaban J connectivity index is 1.27. The molecule has 3 fully saturated rings. The van der Waals surface area contributed by atoms with Gasteiger partial charge in [-0.15, -0.1) is 0 Å². The third-order valence-corrected chi connectivity index (χ3v) is 8.41. The summed E-state index contributed by atoms with van der Waals surface area (Å²) in [5.74, 6) is 2.30. The molecule has 0 bridgehead atoms. The minimum atomic E-state index is 0.102. The first kappa shape index (κ1) is 25.4. The molecule has 3 atom stereocenters. The SMILES string of the molecule is COCOc1cc(N2CCC3C(N4CCNCC4)=NC(OCC4CCCN4C)=NC3C2)c2ccccc2c1. The highest BCUT2D eigenvalue weighted by Gasteiger charge is 2.39. The Hall–Kier alpha value is -2.88. The van der Waals surface area contributed by atoms with Crippen molar-refractivity contribution in [1.29, 1.82) is 0 Å². The number of piperidine rings is 1. The minimum absolute atomic E-state index is 0.102. The van der Waals surface area contributed by atoms with Gasteiger partial charge in [0.1, 0.15) is 18.2 Å². The van der Waals surface area contributed by atoms with E-state index < -0.39 is 0 Å². The number of rotatable bonds is 6. The van der Waals surface area contributed by atoms with Gasteiger partial charge in [-0.05, 0) is 44.3 Å². The highest BCUT2D eigenvalue weighted by atomic mass is 16.7. The van der Waals surface area contributed by atoms with Gasteiger partial charge in [-0.1, -0.05) is 24.3 Å². The summed E-state index contributed by atoms with van der Waals surface area (Å²) < 4.78 is 17.3. The summed E-state index contributed by atoms with van der Waals surface area (Å²) >= 11 is 0. The summed E-state index contributed by atoms with van der Waals surface area (Å²) in [6, 6.07) is 13.9. The van der Waals surface area contributed by atoms with Crippen LogP contribution in [0.3, 0.4) is 0 Å². The molecule has 9 nitrogen and oxygen atoms in total. The number of anilines is 1. The minimum Gasteiger partial charge on any atom is -0.467 e. The molecule has 0 spiro atoms. The van der Waals surface area contributed by atoms with Crippen LogP contribution in [0.2, 0.25) is 0 Å². The van der Waals surface area contributed by atoms with Crippen molar-refractivity contribution in [3.05, 3.63) is 36.4 Å². The average Bonchev–Trinajstić information content (AvgIpc) is 3.38. The van der Waals surface area contributed by atoms with Crippen LogP contribution < -0.4 is 15.0 Å². The molecule has 38 heavy (non-hydrogen) atoms. The van der Waals surface area contributed by atoms with Crippen molar-refractivity contribution in [2.24, 2.45) is 15.9 Å². The van der Waals surface area contributed by atoms with Crippen molar-refractivity contribution in [2.45, 2.75) is 31.3 Å². The lowest BCUT2D eigenvalue weighted by Gasteiger charge is -2.43. The maximum atomic E-state index is 6.31. The molecule has 0 saturated carbocycles. The third-order valence-electron chi connectivity index (χ3n) is 8.41. The summed E-state index contributed by atoms with van der Waals surface area (Å²) in [5.41, 5.74) is 1.18. The predicted octanol–water partition coefficient (Wildman–Crippen LogP) is 2.80. The number of nitrogens with zero attached hydrogens (tertiary/aromatic N) is 5. The second kappa shape index (κ2) is 11.5. The van der Waals surface area contributed by atoms with Gasteiger partial charge in [0.15, 0.2) is 6.79 Å². The van der Waals surface area contributed by atoms with E-state index in [1.54, 1.807) is 7.11 Å². The number of hydrogen-bond acceptors (Lipinski definition) is 9. The molecule has 0 aromatic heterocycles. The Labute approximate surface area is 225 Å². The molecule has 4 heterocycles. The fourth-order valence-corrected chi connectivity index (χ4v) is 6.30. The Morgan fingerprint density at radius 2 is 1.87 bits per heavy atom. The molecule has 3 unspecified atom stereocenters. The normalized spacial score (nSPS) is 26.2. The third kappa shape index (κ3) is 5.32. The second-order valence-corrected chi connectivity index (χ2v) is 10.8. The first-order chi connectivity index (χ1) is 18.7. The van der Waals surface area contributed by atoms with E-state index in [-0.39, 0.29) is 12.8 Å². The first-order valence-corrected chi connectivity index (χ1v) is 14.0. The van der Waals surface area contributed by atoms with E-state index in [1.807, 2.05) is 0 Å². The number of amidine groups is 2. The van der Waals surface area contributed by atoms with Gasteiger partial charge in [0, 0.05) is 75.5 Å². The Bertz CT molecular complexity index is 1180. The number of likely N-dealkylation sites (tertiary alicyclic amines) is 1. The number of fused-ring (bicyclic) bond motifs is 2. The number of aliphatic imine (C=N–C) groups is 2. The van der Waals surface area contributed by atoms with Gasteiger partial charge in [0.2, 0.25) is 0 Å². The number of nitrogens with one attached hydrogen (secondary N) is 1. The highest BCUT2D eigenvalue weighted by molar-refractivity contribution is 5.99. The average molecular weight is 521 g/mol. The molecule has 0 aliphatic carbocycles. The summed E-state index contributed by atoms with van der Waals surface area (Å²) in [5, 5.41) is 5.87. The van der Waals surface area contributed by atoms with Gasteiger partial charge in [-0.3, -0.25) is 0 Å². The van der Waals surface area contributed by atoms with Crippen LogP contribution in [0.25, 0.3) is 10.8 Å². The lowest BCUT2D eigenvalue weighted by atomic mass is 9.88. The predicted molar refractivity (Wildman–Crippen MR) is 151 cm³/mol. The Morgan fingerprint density at radius 3 is 2.68 bits per heavy atom. The van der Waals surface area contributed by atoms with Crippen LogP contribution in [0.5, 0.6) is 5.75 Å². The van der Waals surface area contributed by atoms with Gasteiger partial charge in [0.25, 0.3) is 0 Å². The maximum Gasteiger partial charge on any atom is 0.313 e. The monoisotopic (exact) mass is 520 g/mol. The summed E-state index contributed by atoms with van der Waals surface area (Å²) in [6.45, 7) is 7.73. The topological polar surface area (TPSA) is 74.2 Å². The van der Waals surface area contributed by atoms with Crippen LogP contribution in [-0.2, 0) is 9.47 Å². The standard InChI is InChI=1S/C29H40N6O3/c1-33-12-5-7-22(33)19-37-29-31-26-18-35(13-9-25(26)28(32-29)34-14-10-30-11-15-34)27-17-23(38-20-36-2)16-21-6-3-4-8-24(21)27/h3-4,6,8,16-17,22,25-26,30H,5,7,9-15,18-20H2,1-2H3. The fourth-order valence-electron chi connectivity index (χ4n) is 6.30. The van der Waals surface area contributed by atoms with Crippen LogP contribution in [0.4, 0.5) is 5.69 Å². The number of likely N-dealkylation sites (N-methyl/N-ethyl adjacent to an activating group) is 1. The van der Waals surface area contributed by atoms with Gasteiger partial charge in [-0.2, -0.15) is 4.99 Å². The van der Waals surface area contributed by atoms with Crippen LogP contribution in [0.1, 0.15) is 19.3 Å².